The van der Waals surface area contributed by atoms with E-state index in [-0.39, 0.29) is 0 Å². The smallest absolute Gasteiger partial charge is 0.303 e. The van der Waals surface area contributed by atoms with Crippen LogP contribution >= 0.6 is 17.1 Å². The van der Waals surface area contributed by atoms with Gasteiger partial charge in [0.1, 0.15) is 0 Å². The maximum atomic E-state index is 11.6. The van der Waals surface area contributed by atoms with Crippen LogP contribution in [0, 0.1) is 11.8 Å². The van der Waals surface area contributed by atoms with E-state index in [0.29, 0.717) is 18.0 Å². The maximum absolute atomic E-state index is 11.6. The molecular weight excluding hydrogens is 294 g/mol. The summed E-state index contributed by atoms with van der Waals surface area (Å²) in [4.78, 5) is 18.9. The predicted octanol–water partition coefficient (Wildman–Crippen LogP) is 3.87. The molecule has 2 rings (SSSR count). The van der Waals surface area contributed by atoms with Gasteiger partial charge >= 0.3 is 7.82 Å². The summed E-state index contributed by atoms with van der Waals surface area (Å²) in [6.45, 7) is 0. The van der Waals surface area contributed by atoms with Crippen LogP contribution in [0.3, 0.4) is 0 Å². The molecule has 20 heavy (non-hydrogen) atoms. The van der Waals surface area contributed by atoms with E-state index in [1.54, 1.807) is 0 Å². The van der Waals surface area contributed by atoms with Gasteiger partial charge in [-0.3, -0.25) is 4.52 Å². The van der Waals surface area contributed by atoms with Crippen LogP contribution in [0.4, 0.5) is 0 Å². The fourth-order valence-corrected chi connectivity index (χ4v) is 5.96. The zero-order valence-corrected chi connectivity index (χ0v) is 14.2. The molecule has 118 valence electrons. The van der Waals surface area contributed by atoms with Crippen molar-refractivity contribution in [2.75, 3.05) is 6.16 Å². The van der Waals surface area contributed by atoms with Crippen LogP contribution in [-0.2, 0) is 9.09 Å². The van der Waals surface area contributed by atoms with E-state index in [2.05, 4.69) is 9.24 Å². The molecule has 2 aliphatic carbocycles. The maximum Gasteiger partial charge on any atom is 0.470 e. The largest absolute Gasteiger partial charge is 0.470 e. The van der Waals surface area contributed by atoms with E-state index in [9.17, 15) is 14.4 Å². The molecule has 0 aliphatic heterocycles. The Morgan fingerprint density at radius 2 is 1.35 bits per heavy atom. The first-order valence-electron chi connectivity index (χ1n) is 7.94. The topological polar surface area (TPSA) is 66.8 Å². The highest BCUT2D eigenvalue weighted by atomic mass is 31.2. The van der Waals surface area contributed by atoms with Gasteiger partial charge in [0.2, 0.25) is 0 Å². The van der Waals surface area contributed by atoms with Crippen LogP contribution in [0.25, 0.3) is 0 Å². The van der Waals surface area contributed by atoms with Crippen molar-refractivity contribution in [1.82, 2.24) is 0 Å². The zero-order chi connectivity index (χ0) is 14.6. The van der Waals surface area contributed by atoms with Crippen LogP contribution in [-0.4, -0.2) is 21.5 Å². The van der Waals surface area contributed by atoms with Crippen molar-refractivity contribution in [2.24, 2.45) is 11.8 Å². The van der Waals surface area contributed by atoms with Crippen LogP contribution in [0.2, 0.25) is 0 Å². The van der Waals surface area contributed by atoms with Gasteiger partial charge in [-0.1, -0.05) is 38.5 Å². The summed E-state index contributed by atoms with van der Waals surface area (Å²) in [5.41, 5.74) is -0.634. The summed E-state index contributed by atoms with van der Waals surface area (Å²) < 4.78 is 17.1. The molecule has 2 fully saturated rings. The van der Waals surface area contributed by atoms with Gasteiger partial charge in [0, 0.05) is 0 Å². The molecule has 0 radical (unpaired) electrons. The fraction of sp³-hybridized carbons (Fsp3) is 1.00. The Morgan fingerprint density at radius 1 is 0.950 bits per heavy atom. The minimum atomic E-state index is -4.45. The number of rotatable bonds is 5. The summed E-state index contributed by atoms with van der Waals surface area (Å²) in [6, 6.07) is 0. The lowest BCUT2D eigenvalue weighted by Crippen LogP contribution is -2.50. The monoisotopic (exact) mass is 322 g/mol. The third-order valence-electron chi connectivity index (χ3n) is 5.20. The van der Waals surface area contributed by atoms with Gasteiger partial charge in [-0.25, -0.2) is 4.57 Å². The SMILES string of the molecule is O=P(O)(O)OC(CP)(C1CCCCC1)C1CCCCC1. The van der Waals surface area contributed by atoms with E-state index in [1.807, 2.05) is 0 Å². The van der Waals surface area contributed by atoms with E-state index < -0.39 is 13.4 Å². The summed E-state index contributed by atoms with van der Waals surface area (Å²) in [7, 11) is -1.75. The molecule has 0 bridgehead atoms. The average molecular weight is 322 g/mol. The van der Waals surface area contributed by atoms with E-state index >= 15 is 0 Å². The van der Waals surface area contributed by atoms with Crippen molar-refractivity contribution in [3.05, 3.63) is 0 Å². The van der Waals surface area contributed by atoms with Crippen molar-refractivity contribution >= 4 is 17.1 Å². The van der Waals surface area contributed by atoms with Crippen molar-refractivity contribution in [3.8, 4) is 0 Å². The Hall–Kier alpha value is 0.540. The summed E-state index contributed by atoms with van der Waals surface area (Å²) in [6.07, 6.45) is 11.9. The van der Waals surface area contributed by atoms with Crippen molar-refractivity contribution < 1.29 is 18.9 Å². The molecule has 4 nitrogen and oxygen atoms in total. The van der Waals surface area contributed by atoms with Crippen molar-refractivity contribution in [2.45, 2.75) is 69.8 Å². The Morgan fingerprint density at radius 3 is 1.65 bits per heavy atom. The molecular formula is C14H28O4P2. The molecule has 2 saturated carbocycles. The minimum Gasteiger partial charge on any atom is -0.303 e. The summed E-state index contributed by atoms with van der Waals surface area (Å²) in [5, 5.41) is 0. The van der Waals surface area contributed by atoms with E-state index in [4.69, 9.17) is 4.52 Å². The lowest BCUT2D eigenvalue weighted by Gasteiger charge is -2.48. The van der Waals surface area contributed by atoms with Gasteiger partial charge in [0.25, 0.3) is 0 Å². The first-order chi connectivity index (χ1) is 9.48. The second kappa shape index (κ2) is 7.20. The highest BCUT2D eigenvalue weighted by Crippen LogP contribution is 2.53. The molecule has 1 atom stereocenters. The van der Waals surface area contributed by atoms with E-state index in [0.717, 1.165) is 51.4 Å². The predicted molar refractivity (Wildman–Crippen MR) is 83.6 cm³/mol. The molecule has 2 aliphatic rings. The molecule has 0 amide bonds. The molecule has 0 spiro atoms. The number of phosphoric acid groups is 1. The molecule has 1 unspecified atom stereocenters. The third kappa shape index (κ3) is 4.05. The van der Waals surface area contributed by atoms with Gasteiger partial charge in [0.05, 0.1) is 5.60 Å². The molecule has 0 aromatic heterocycles. The lowest BCUT2D eigenvalue weighted by molar-refractivity contribution is -0.0668. The van der Waals surface area contributed by atoms with Crippen LogP contribution < -0.4 is 0 Å². The Balaban J connectivity index is 2.25. The quantitative estimate of drug-likeness (QED) is 0.754. The summed E-state index contributed by atoms with van der Waals surface area (Å²) >= 11 is 0. The minimum absolute atomic E-state index is 0.296. The zero-order valence-electron chi connectivity index (χ0n) is 12.2. The molecule has 0 heterocycles. The summed E-state index contributed by atoms with van der Waals surface area (Å²) in [5.74, 6) is 0.592. The van der Waals surface area contributed by atoms with Crippen LogP contribution in [0.5, 0.6) is 0 Å². The number of phosphoric ester groups is 1. The molecule has 6 heteroatoms. The Bertz CT molecular complexity index is 325. The van der Waals surface area contributed by atoms with Crippen molar-refractivity contribution in [3.63, 3.8) is 0 Å². The molecule has 2 N–H and O–H groups in total. The van der Waals surface area contributed by atoms with Gasteiger partial charge in [-0.05, 0) is 43.7 Å². The second-order valence-electron chi connectivity index (χ2n) is 6.41. The molecule has 0 aromatic carbocycles. The van der Waals surface area contributed by atoms with Gasteiger partial charge in [-0.15, -0.1) is 9.24 Å². The van der Waals surface area contributed by atoms with Gasteiger partial charge in [-0.2, -0.15) is 0 Å². The van der Waals surface area contributed by atoms with Crippen LogP contribution in [0.1, 0.15) is 64.2 Å². The molecule has 0 aromatic rings. The highest BCUT2D eigenvalue weighted by Gasteiger charge is 2.49. The average Bonchev–Trinajstić information content (AvgIpc) is 2.46. The fourth-order valence-electron chi connectivity index (χ4n) is 4.26. The Kier molecular flexibility index (Phi) is 6.09. The van der Waals surface area contributed by atoms with Gasteiger partial charge < -0.3 is 9.79 Å². The first kappa shape index (κ1) is 16.9. The Labute approximate surface area is 124 Å². The standard InChI is InChI=1S/C14H28O4P2/c15-20(16,17)18-14(11-19,12-7-3-1-4-8-12)13-9-5-2-6-10-13/h12-13H,1-11,19H2,(H2,15,16,17). The number of hydrogen-bond acceptors (Lipinski definition) is 2. The second-order valence-corrected chi connectivity index (χ2v) is 7.98. The lowest BCUT2D eigenvalue weighted by atomic mass is 9.67. The van der Waals surface area contributed by atoms with E-state index in [1.165, 1.54) is 12.8 Å². The number of hydrogen-bond donors (Lipinski definition) is 2. The third-order valence-corrected chi connectivity index (χ3v) is 6.42. The highest BCUT2D eigenvalue weighted by molar-refractivity contribution is 7.46. The molecule has 0 saturated heterocycles. The van der Waals surface area contributed by atoms with Gasteiger partial charge in [0.15, 0.2) is 0 Å². The normalized spacial score (nSPS) is 23.9. The van der Waals surface area contributed by atoms with Crippen LogP contribution in [0.15, 0.2) is 0 Å². The van der Waals surface area contributed by atoms with Crippen molar-refractivity contribution in [1.29, 1.82) is 0 Å². The first-order valence-corrected chi connectivity index (χ1v) is 10.3.